The number of hydrogen-bond donors (Lipinski definition) is 2. The summed E-state index contributed by atoms with van der Waals surface area (Å²) in [6, 6.07) is 1.36. The van der Waals surface area contributed by atoms with Gasteiger partial charge in [-0.2, -0.15) is 0 Å². The van der Waals surface area contributed by atoms with E-state index in [9.17, 15) is 14.3 Å². The van der Waals surface area contributed by atoms with E-state index in [0.29, 0.717) is 24.7 Å². The lowest BCUT2D eigenvalue weighted by Gasteiger charge is -2.45. The number of aliphatic hydroxyl groups is 1. The lowest BCUT2D eigenvalue weighted by atomic mass is 9.63. The summed E-state index contributed by atoms with van der Waals surface area (Å²) in [5.74, 6) is -1.01. The highest BCUT2D eigenvalue weighted by Crippen LogP contribution is 2.48. The molecule has 4 atom stereocenters. The molecule has 2 fully saturated rings. The van der Waals surface area contributed by atoms with Crippen LogP contribution in [-0.2, 0) is 6.42 Å². The molecule has 0 saturated heterocycles. The van der Waals surface area contributed by atoms with Crippen LogP contribution in [0.3, 0.4) is 0 Å². The second kappa shape index (κ2) is 9.93. The van der Waals surface area contributed by atoms with Crippen LogP contribution in [-0.4, -0.2) is 27.7 Å². The van der Waals surface area contributed by atoms with Gasteiger partial charge in [0.15, 0.2) is 0 Å². The van der Waals surface area contributed by atoms with Crippen LogP contribution in [0.4, 0.5) is 4.39 Å². The Kier molecular flexibility index (Phi) is 7.80. The number of aryl methyl sites for hydroxylation is 1. The monoisotopic (exact) mass is 442 g/mol. The van der Waals surface area contributed by atoms with Gasteiger partial charge in [-0.3, -0.25) is 0 Å². The van der Waals surface area contributed by atoms with Gasteiger partial charge in [0.1, 0.15) is 10.7 Å². The van der Waals surface area contributed by atoms with Crippen LogP contribution in [0.15, 0.2) is 18.2 Å². The molecule has 0 amide bonds. The van der Waals surface area contributed by atoms with Crippen molar-refractivity contribution in [1.29, 1.82) is 0 Å². The molecule has 2 saturated carbocycles. The van der Waals surface area contributed by atoms with Crippen molar-refractivity contribution in [3.63, 3.8) is 0 Å². The average Bonchev–Trinajstić information content (AvgIpc) is 3.18. The minimum Gasteiger partial charge on any atom is -0.477 e. The van der Waals surface area contributed by atoms with E-state index >= 15 is 0 Å². The first-order chi connectivity index (χ1) is 13.9. The number of allylic oxidation sites excluding steroid dienone is 1. The van der Waals surface area contributed by atoms with Crippen LogP contribution in [0, 0.1) is 23.1 Å². The maximum absolute atomic E-state index is 13.6. The van der Waals surface area contributed by atoms with E-state index in [1.54, 1.807) is 0 Å². The number of thiophene rings is 1. The number of aromatic carboxylic acids is 1. The summed E-state index contributed by atoms with van der Waals surface area (Å²) in [5.41, 5.74) is 0.130. The molecule has 0 bridgehead atoms. The lowest BCUT2D eigenvalue weighted by molar-refractivity contribution is -0.0355. The van der Waals surface area contributed by atoms with Gasteiger partial charge in [-0.15, -0.1) is 22.9 Å². The highest BCUT2D eigenvalue weighted by molar-refractivity contribution is 7.13. The number of alkyl halides is 1. The second-order valence-electron chi connectivity index (χ2n) is 8.77. The summed E-state index contributed by atoms with van der Waals surface area (Å²) in [4.78, 5) is 11.6. The first-order valence-electron chi connectivity index (χ1n) is 10.9. The molecule has 1 aromatic rings. The Hall–Kier alpha value is -0.910. The molecule has 3 rings (SSSR count). The molecule has 0 aliphatic heterocycles. The number of rotatable bonds is 10. The summed E-state index contributed by atoms with van der Waals surface area (Å²) in [6.07, 6.45) is 14.0. The SMILES string of the molecule is CCC1(C(O)C/C=C/[C@@H]2[C@@H](CCCc3cc(F)c(C(=O)O)s3)CC[C@H]2Cl)CCC1. The first kappa shape index (κ1) is 22.8. The fraction of sp³-hybridized carbons (Fsp3) is 0.696. The molecule has 0 aromatic carbocycles. The van der Waals surface area contributed by atoms with E-state index in [4.69, 9.17) is 16.7 Å². The van der Waals surface area contributed by atoms with E-state index in [1.807, 2.05) is 0 Å². The molecule has 2 aliphatic carbocycles. The molecule has 1 unspecified atom stereocenters. The molecular weight excluding hydrogens is 411 g/mol. The van der Waals surface area contributed by atoms with Crippen molar-refractivity contribution >= 4 is 28.9 Å². The third kappa shape index (κ3) is 5.23. The van der Waals surface area contributed by atoms with Crippen LogP contribution in [0.1, 0.15) is 79.3 Å². The Labute approximate surface area is 182 Å². The zero-order valence-corrected chi connectivity index (χ0v) is 18.7. The number of carboxylic acid groups (broad SMARTS) is 1. The third-order valence-corrected chi connectivity index (χ3v) is 8.85. The van der Waals surface area contributed by atoms with Gasteiger partial charge in [-0.1, -0.05) is 25.5 Å². The van der Waals surface area contributed by atoms with Gasteiger partial charge in [-0.05, 0) is 81.1 Å². The van der Waals surface area contributed by atoms with Crippen molar-refractivity contribution in [2.45, 2.75) is 82.6 Å². The number of aliphatic hydroxyl groups excluding tert-OH is 1. The van der Waals surface area contributed by atoms with E-state index in [0.717, 1.165) is 61.2 Å². The molecule has 0 spiro atoms. The van der Waals surface area contributed by atoms with Gasteiger partial charge in [0.2, 0.25) is 0 Å². The molecule has 0 radical (unpaired) electrons. The van der Waals surface area contributed by atoms with Gasteiger partial charge in [-0.25, -0.2) is 9.18 Å². The summed E-state index contributed by atoms with van der Waals surface area (Å²) < 4.78 is 13.6. The normalized spacial score (nSPS) is 27.2. The predicted octanol–water partition coefficient (Wildman–Crippen LogP) is 6.43. The summed E-state index contributed by atoms with van der Waals surface area (Å²) in [6.45, 7) is 2.17. The van der Waals surface area contributed by atoms with Gasteiger partial charge in [0.05, 0.1) is 6.10 Å². The summed E-state index contributed by atoms with van der Waals surface area (Å²) in [7, 11) is 0. The molecule has 6 heteroatoms. The maximum atomic E-state index is 13.6. The first-order valence-corrected chi connectivity index (χ1v) is 12.1. The van der Waals surface area contributed by atoms with Crippen molar-refractivity contribution in [3.8, 4) is 0 Å². The molecule has 29 heavy (non-hydrogen) atoms. The predicted molar refractivity (Wildman–Crippen MR) is 116 cm³/mol. The average molecular weight is 443 g/mol. The number of halogens is 2. The Morgan fingerprint density at radius 2 is 2.21 bits per heavy atom. The molecule has 2 N–H and O–H groups in total. The van der Waals surface area contributed by atoms with Crippen molar-refractivity contribution in [1.82, 2.24) is 0 Å². The molecule has 2 aliphatic rings. The van der Waals surface area contributed by atoms with Crippen LogP contribution >= 0.6 is 22.9 Å². The topological polar surface area (TPSA) is 57.5 Å². The van der Waals surface area contributed by atoms with Crippen molar-refractivity contribution < 1.29 is 19.4 Å². The number of carboxylic acids is 1. The minimum atomic E-state index is -1.20. The Morgan fingerprint density at radius 1 is 1.45 bits per heavy atom. The Morgan fingerprint density at radius 3 is 2.79 bits per heavy atom. The maximum Gasteiger partial charge on any atom is 0.348 e. The van der Waals surface area contributed by atoms with Crippen LogP contribution in [0.25, 0.3) is 0 Å². The van der Waals surface area contributed by atoms with E-state index in [1.165, 1.54) is 12.5 Å². The van der Waals surface area contributed by atoms with Gasteiger partial charge in [0, 0.05) is 10.3 Å². The number of hydrogen-bond acceptors (Lipinski definition) is 3. The minimum absolute atomic E-state index is 0.130. The van der Waals surface area contributed by atoms with Crippen molar-refractivity contribution in [2.24, 2.45) is 17.3 Å². The van der Waals surface area contributed by atoms with E-state index in [-0.39, 0.29) is 21.8 Å². The highest BCUT2D eigenvalue weighted by atomic mass is 35.5. The summed E-state index contributed by atoms with van der Waals surface area (Å²) in [5, 5.41) is 19.7. The lowest BCUT2D eigenvalue weighted by Crippen LogP contribution is -2.40. The number of carbonyl (C=O) groups is 1. The van der Waals surface area contributed by atoms with Crippen LogP contribution in [0.5, 0.6) is 0 Å². The Balaban J connectivity index is 1.49. The molecular formula is C23H32ClFO3S. The van der Waals surface area contributed by atoms with Crippen molar-refractivity contribution in [3.05, 3.63) is 33.8 Å². The molecule has 3 nitrogen and oxygen atoms in total. The largest absolute Gasteiger partial charge is 0.477 e. The molecule has 162 valence electrons. The Bertz CT molecular complexity index is 722. The smallest absolute Gasteiger partial charge is 0.348 e. The van der Waals surface area contributed by atoms with Crippen LogP contribution in [0.2, 0.25) is 0 Å². The standard InChI is InChI=1S/C23H32ClFO3S/c1-2-23(12-5-13-23)20(26)9-4-8-17-15(10-11-18(17)24)6-3-7-16-14-19(25)21(29-16)22(27)28/h4,8,14-15,17-18,20,26H,2-3,5-7,9-13H2,1H3,(H,27,28)/b8-4+/t15-,17+,18+,20?/m0/s1. The summed E-state index contributed by atoms with van der Waals surface area (Å²) >= 11 is 7.61. The highest BCUT2D eigenvalue weighted by Gasteiger charge is 2.41. The zero-order valence-electron chi connectivity index (χ0n) is 17.1. The fourth-order valence-electron chi connectivity index (χ4n) is 5.06. The second-order valence-corrected chi connectivity index (χ2v) is 10.5. The van der Waals surface area contributed by atoms with Crippen LogP contribution < -0.4 is 0 Å². The van der Waals surface area contributed by atoms with Gasteiger partial charge >= 0.3 is 5.97 Å². The van der Waals surface area contributed by atoms with Gasteiger partial charge in [0.25, 0.3) is 0 Å². The van der Waals surface area contributed by atoms with E-state index < -0.39 is 11.8 Å². The quantitative estimate of drug-likeness (QED) is 0.324. The molecule has 1 heterocycles. The zero-order chi connectivity index (χ0) is 21.0. The fourth-order valence-corrected chi connectivity index (χ4v) is 6.39. The van der Waals surface area contributed by atoms with E-state index in [2.05, 4.69) is 19.1 Å². The van der Waals surface area contributed by atoms with Crippen molar-refractivity contribution in [2.75, 3.05) is 0 Å². The third-order valence-electron chi connectivity index (χ3n) is 7.18. The molecule has 1 aromatic heterocycles. The van der Waals surface area contributed by atoms with Gasteiger partial charge < -0.3 is 10.2 Å².